The Morgan fingerprint density at radius 3 is 2.57 bits per heavy atom. The first-order chi connectivity index (χ1) is 6.50. The monoisotopic (exact) mass is 193 g/mol. The highest BCUT2D eigenvalue weighted by Crippen LogP contribution is 2.20. The van der Waals surface area contributed by atoms with Gasteiger partial charge in [-0.25, -0.2) is 0 Å². The molecule has 0 fully saturated rings. The minimum absolute atomic E-state index is 0.392. The second-order valence-electron chi connectivity index (χ2n) is 4.14. The Morgan fingerprint density at radius 1 is 1.36 bits per heavy atom. The number of aryl methyl sites for hydroxylation is 1. The molecule has 2 heteroatoms. The van der Waals surface area contributed by atoms with Gasteiger partial charge in [-0.3, -0.25) is 4.90 Å². The van der Waals surface area contributed by atoms with Crippen LogP contribution in [-0.4, -0.2) is 23.1 Å². The predicted octanol–water partition coefficient (Wildman–Crippen LogP) is 2.54. The molecule has 0 spiro atoms. The topological polar surface area (TPSA) is 23.5 Å². The number of benzene rings is 1. The Bertz CT molecular complexity index is 307. The van der Waals surface area contributed by atoms with Crippen LogP contribution in [0, 0.1) is 6.92 Å². The summed E-state index contributed by atoms with van der Waals surface area (Å²) in [5, 5.41) is 9.64. The van der Waals surface area contributed by atoms with Crippen molar-refractivity contribution in [3.8, 4) is 5.75 Å². The number of hydrogen-bond acceptors (Lipinski definition) is 2. The van der Waals surface area contributed by atoms with E-state index in [-0.39, 0.29) is 0 Å². The fourth-order valence-electron chi connectivity index (χ4n) is 1.29. The van der Waals surface area contributed by atoms with Crippen molar-refractivity contribution >= 4 is 0 Å². The lowest BCUT2D eigenvalue weighted by Crippen LogP contribution is -2.25. The minimum atomic E-state index is 0.392. The van der Waals surface area contributed by atoms with Crippen molar-refractivity contribution in [1.29, 1.82) is 0 Å². The lowest BCUT2D eigenvalue weighted by molar-refractivity contribution is 0.262. The largest absolute Gasteiger partial charge is 0.508 e. The van der Waals surface area contributed by atoms with Crippen LogP contribution in [0.3, 0.4) is 0 Å². The van der Waals surface area contributed by atoms with Crippen LogP contribution in [0.2, 0.25) is 0 Å². The van der Waals surface area contributed by atoms with E-state index in [1.165, 1.54) is 5.56 Å². The average Bonchev–Trinajstić information content (AvgIpc) is 2.11. The third-order valence-corrected chi connectivity index (χ3v) is 2.54. The van der Waals surface area contributed by atoms with Crippen LogP contribution in [-0.2, 0) is 6.54 Å². The van der Waals surface area contributed by atoms with Crippen LogP contribution in [0.5, 0.6) is 5.75 Å². The van der Waals surface area contributed by atoms with Crippen LogP contribution < -0.4 is 0 Å². The predicted molar refractivity (Wildman–Crippen MR) is 59.4 cm³/mol. The van der Waals surface area contributed by atoms with Gasteiger partial charge < -0.3 is 5.11 Å². The van der Waals surface area contributed by atoms with Gasteiger partial charge in [0.2, 0.25) is 0 Å². The molecule has 78 valence electrons. The van der Waals surface area contributed by atoms with Crippen molar-refractivity contribution in [2.75, 3.05) is 7.05 Å². The fraction of sp³-hybridized carbons (Fsp3) is 0.500. The molecule has 0 unspecified atom stereocenters. The summed E-state index contributed by atoms with van der Waals surface area (Å²) in [5.74, 6) is 0.392. The first-order valence-electron chi connectivity index (χ1n) is 4.99. The zero-order valence-electron chi connectivity index (χ0n) is 9.41. The van der Waals surface area contributed by atoms with E-state index in [2.05, 4.69) is 25.8 Å². The van der Waals surface area contributed by atoms with E-state index in [1.807, 2.05) is 19.1 Å². The number of hydrogen-bond donors (Lipinski definition) is 1. The first kappa shape index (κ1) is 11.1. The molecule has 1 aromatic carbocycles. The third-order valence-electron chi connectivity index (χ3n) is 2.54. The average molecular weight is 193 g/mol. The number of phenols is 1. The SMILES string of the molecule is Cc1ccc(O)c(CN(C)C(C)C)c1. The third kappa shape index (κ3) is 2.74. The fourth-order valence-corrected chi connectivity index (χ4v) is 1.29. The zero-order valence-corrected chi connectivity index (χ0v) is 9.41. The van der Waals surface area contributed by atoms with E-state index < -0.39 is 0 Å². The van der Waals surface area contributed by atoms with Gasteiger partial charge in [0.05, 0.1) is 0 Å². The molecule has 0 aliphatic carbocycles. The van der Waals surface area contributed by atoms with Crippen molar-refractivity contribution in [2.45, 2.75) is 33.4 Å². The summed E-state index contributed by atoms with van der Waals surface area (Å²) in [6.45, 7) is 7.13. The summed E-state index contributed by atoms with van der Waals surface area (Å²) in [6, 6.07) is 6.22. The number of nitrogens with zero attached hydrogens (tertiary/aromatic N) is 1. The van der Waals surface area contributed by atoms with Gasteiger partial charge in [0, 0.05) is 18.2 Å². The maximum Gasteiger partial charge on any atom is 0.120 e. The van der Waals surface area contributed by atoms with Gasteiger partial charge >= 0.3 is 0 Å². The van der Waals surface area contributed by atoms with E-state index >= 15 is 0 Å². The quantitative estimate of drug-likeness (QED) is 0.797. The van der Waals surface area contributed by atoms with Gasteiger partial charge in [-0.15, -0.1) is 0 Å². The van der Waals surface area contributed by atoms with E-state index in [1.54, 1.807) is 6.07 Å². The smallest absolute Gasteiger partial charge is 0.120 e. The number of phenolic OH excluding ortho intramolecular Hbond substituents is 1. The van der Waals surface area contributed by atoms with Gasteiger partial charge in [0.1, 0.15) is 5.75 Å². The Balaban J connectivity index is 2.80. The van der Waals surface area contributed by atoms with Crippen molar-refractivity contribution in [1.82, 2.24) is 4.90 Å². The van der Waals surface area contributed by atoms with Crippen molar-refractivity contribution < 1.29 is 5.11 Å². The molecule has 2 nitrogen and oxygen atoms in total. The molecule has 0 radical (unpaired) electrons. The summed E-state index contributed by atoms with van der Waals surface area (Å²) >= 11 is 0. The molecule has 14 heavy (non-hydrogen) atoms. The van der Waals surface area contributed by atoms with Crippen molar-refractivity contribution in [3.05, 3.63) is 29.3 Å². The van der Waals surface area contributed by atoms with Gasteiger partial charge in [-0.1, -0.05) is 17.7 Å². The highest BCUT2D eigenvalue weighted by atomic mass is 16.3. The lowest BCUT2D eigenvalue weighted by Gasteiger charge is -2.21. The Morgan fingerprint density at radius 2 is 2.00 bits per heavy atom. The molecule has 1 rings (SSSR count). The van der Waals surface area contributed by atoms with E-state index in [0.717, 1.165) is 12.1 Å². The Labute approximate surface area is 86.2 Å². The van der Waals surface area contributed by atoms with Crippen LogP contribution in [0.1, 0.15) is 25.0 Å². The zero-order chi connectivity index (χ0) is 10.7. The first-order valence-corrected chi connectivity index (χ1v) is 4.99. The Hall–Kier alpha value is -1.02. The van der Waals surface area contributed by atoms with E-state index in [9.17, 15) is 5.11 Å². The highest BCUT2D eigenvalue weighted by Gasteiger charge is 2.07. The molecule has 0 saturated carbocycles. The van der Waals surface area contributed by atoms with Crippen molar-refractivity contribution in [2.24, 2.45) is 0 Å². The molecule has 0 aliphatic heterocycles. The number of aromatic hydroxyl groups is 1. The summed E-state index contributed by atoms with van der Waals surface area (Å²) in [7, 11) is 2.06. The molecule has 1 aromatic rings. The molecule has 0 atom stereocenters. The van der Waals surface area contributed by atoms with Gasteiger partial charge in [0.15, 0.2) is 0 Å². The molecule has 1 N–H and O–H groups in total. The van der Waals surface area contributed by atoms with Crippen LogP contribution in [0.25, 0.3) is 0 Å². The summed E-state index contributed by atoms with van der Waals surface area (Å²) in [6.07, 6.45) is 0. The van der Waals surface area contributed by atoms with E-state index in [0.29, 0.717) is 11.8 Å². The Kier molecular flexibility index (Phi) is 3.53. The summed E-state index contributed by atoms with van der Waals surface area (Å²) in [4.78, 5) is 2.20. The number of rotatable bonds is 3. The van der Waals surface area contributed by atoms with Gasteiger partial charge in [-0.2, -0.15) is 0 Å². The summed E-state index contributed by atoms with van der Waals surface area (Å²) in [5.41, 5.74) is 2.19. The highest BCUT2D eigenvalue weighted by molar-refractivity contribution is 5.35. The molecule has 0 aliphatic rings. The molecule has 0 saturated heterocycles. The summed E-state index contributed by atoms with van der Waals surface area (Å²) < 4.78 is 0. The molecule has 0 bridgehead atoms. The molecule has 0 heterocycles. The normalized spacial score (nSPS) is 11.3. The molecular weight excluding hydrogens is 174 g/mol. The van der Waals surface area contributed by atoms with Crippen LogP contribution in [0.15, 0.2) is 18.2 Å². The van der Waals surface area contributed by atoms with E-state index in [4.69, 9.17) is 0 Å². The van der Waals surface area contributed by atoms with Crippen molar-refractivity contribution in [3.63, 3.8) is 0 Å². The molecule has 0 amide bonds. The second kappa shape index (κ2) is 4.47. The second-order valence-corrected chi connectivity index (χ2v) is 4.14. The standard InChI is InChI=1S/C12H19NO/c1-9(2)13(4)8-11-7-10(3)5-6-12(11)14/h5-7,9,14H,8H2,1-4H3. The lowest BCUT2D eigenvalue weighted by atomic mass is 10.1. The molecular formula is C12H19NO. The van der Waals surface area contributed by atoms with Gasteiger partial charge in [-0.05, 0) is 33.9 Å². The van der Waals surface area contributed by atoms with Crippen LogP contribution >= 0.6 is 0 Å². The molecule has 0 aromatic heterocycles. The van der Waals surface area contributed by atoms with Gasteiger partial charge in [0.25, 0.3) is 0 Å². The minimum Gasteiger partial charge on any atom is -0.508 e. The maximum atomic E-state index is 9.64. The van der Waals surface area contributed by atoms with Crippen LogP contribution in [0.4, 0.5) is 0 Å². The maximum absolute atomic E-state index is 9.64.